The number of rotatable bonds is 3. The number of hydrogen-bond donors (Lipinski definition) is 0. The second kappa shape index (κ2) is 12.4. The maximum Gasteiger partial charge on any atom is 0.0160 e. The number of aromatic nitrogens is 2. The van der Waals surface area contributed by atoms with Gasteiger partial charge >= 0.3 is 0 Å². The summed E-state index contributed by atoms with van der Waals surface area (Å²) in [5.41, 5.74) is 6.38. The van der Waals surface area contributed by atoms with Crippen molar-refractivity contribution >= 4 is 21.5 Å². The number of pyridine rings is 2. The predicted octanol–water partition coefficient (Wildman–Crippen LogP) is 9.07. The van der Waals surface area contributed by atoms with Crippen LogP contribution in [0.15, 0.2) is 146 Å². The second-order valence-corrected chi connectivity index (χ2v) is 8.92. The third-order valence-electron chi connectivity index (χ3n) is 6.47. The van der Waals surface area contributed by atoms with E-state index in [1.807, 2.05) is 66.9 Å². The van der Waals surface area contributed by atoms with Crippen molar-refractivity contribution in [3.05, 3.63) is 158 Å². The summed E-state index contributed by atoms with van der Waals surface area (Å²) in [6.07, 6.45) is 3.62. The van der Waals surface area contributed by atoms with Crippen LogP contribution < -0.4 is 0 Å². The Labute approximate surface area is 242 Å². The van der Waals surface area contributed by atoms with Gasteiger partial charge in [-0.15, -0.1) is 64.5 Å². The van der Waals surface area contributed by atoms with E-state index in [2.05, 4.69) is 94.9 Å². The van der Waals surface area contributed by atoms with Crippen molar-refractivity contribution in [3.63, 3.8) is 0 Å². The molecule has 2 aromatic heterocycles. The summed E-state index contributed by atoms with van der Waals surface area (Å²) in [4.78, 5) is 8.74. The molecule has 5 aromatic carbocycles. The van der Waals surface area contributed by atoms with Crippen LogP contribution in [-0.2, 0) is 20.1 Å². The second-order valence-electron chi connectivity index (χ2n) is 8.92. The third kappa shape index (κ3) is 6.02. The van der Waals surface area contributed by atoms with E-state index in [9.17, 15) is 0 Å². The van der Waals surface area contributed by atoms with Gasteiger partial charge in [0.2, 0.25) is 0 Å². The van der Waals surface area contributed by atoms with E-state index in [4.69, 9.17) is 0 Å². The van der Waals surface area contributed by atoms with Crippen LogP contribution in [-0.4, -0.2) is 9.97 Å². The van der Waals surface area contributed by atoms with Crippen LogP contribution in [0.4, 0.5) is 0 Å². The Bertz CT molecular complexity index is 1750. The van der Waals surface area contributed by atoms with E-state index in [-0.39, 0.29) is 20.1 Å². The van der Waals surface area contributed by atoms with E-state index in [0.717, 1.165) is 22.5 Å². The molecule has 0 saturated heterocycles. The minimum absolute atomic E-state index is 0. The van der Waals surface area contributed by atoms with Crippen molar-refractivity contribution in [2.75, 3.05) is 0 Å². The molecule has 7 rings (SSSR count). The molecule has 0 amide bonds. The van der Waals surface area contributed by atoms with Gasteiger partial charge in [-0.1, -0.05) is 102 Å². The molecule has 39 heavy (non-hydrogen) atoms. The van der Waals surface area contributed by atoms with E-state index in [1.54, 1.807) is 6.20 Å². The summed E-state index contributed by atoms with van der Waals surface area (Å²) in [7, 11) is 0. The Kier molecular flexibility index (Phi) is 8.33. The standard InChI is InChI=1S/C19H12N.C17H12N.Ir/c1-2-6-17-14(5-1)8-9-15-13-16(10-11-18(15)17)19-7-3-4-12-20-19;1-2-7-14(8-3-1)15-9-6-10-16(13-15)17-11-4-5-12-18-17;/h1-9,11-13H;1-9,11-13H;/q2*-1;. The smallest absolute Gasteiger partial charge is 0.0160 e. The number of benzene rings is 5. The van der Waals surface area contributed by atoms with Crippen LogP contribution in [0, 0.1) is 12.1 Å². The van der Waals surface area contributed by atoms with Gasteiger partial charge in [-0.25, -0.2) is 0 Å². The molecule has 7 aromatic rings. The zero-order valence-corrected chi connectivity index (χ0v) is 23.5. The van der Waals surface area contributed by atoms with Crippen molar-refractivity contribution in [3.8, 4) is 33.6 Å². The summed E-state index contributed by atoms with van der Waals surface area (Å²) in [5.74, 6) is 0. The molecule has 0 unspecified atom stereocenters. The molecule has 189 valence electrons. The maximum atomic E-state index is 4.39. The van der Waals surface area contributed by atoms with Crippen LogP contribution >= 0.6 is 0 Å². The molecule has 0 spiro atoms. The topological polar surface area (TPSA) is 25.8 Å². The molecular formula is C36H24IrN2-2. The SMILES string of the molecule is [Ir].[c-]1cc2c(ccc3ccccc32)cc1-c1ccccn1.[c-]1ccc(-c2ccccc2)cc1-c1ccccn1. The number of hydrogen-bond acceptors (Lipinski definition) is 2. The van der Waals surface area contributed by atoms with Gasteiger partial charge in [0, 0.05) is 32.5 Å². The average Bonchev–Trinajstić information content (AvgIpc) is 3.02. The minimum Gasteiger partial charge on any atom is -0.305 e. The van der Waals surface area contributed by atoms with Crippen molar-refractivity contribution in [2.24, 2.45) is 0 Å². The molecule has 1 radical (unpaired) electrons. The Balaban J connectivity index is 0.000000155. The molecular weight excluding hydrogens is 653 g/mol. The van der Waals surface area contributed by atoms with Gasteiger partial charge in [-0.2, -0.15) is 0 Å². The van der Waals surface area contributed by atoms with Crippen molar-refractivity contribution in [2.45, 2.75) is 0 Å². The molecule has 0 saturated carbocycles. The molecule has 0 aliphatic heterocycles. The molecule has 0 bridgehead atoms. The summed E-state index contributed by atoms with van der Waals surface area (Å²) in [5, 5.41) is 5.00. The summed E-state index contributed by atoms with van der Waals surface area (Å²) in [6.45, 7) is 0. The molecule has 0 N–H and O–H groups in total. The first-order valence-electron chi connectivity index (χ1n) is 12.6. The van der Waals surface area contributed by atoms with Crippen LogP contribution in [0.5, 0.6) is 0 Å². The minimum atomic E-state index is 0. The van der Waals surface area contributed by atoms with Gasteiger partial charge in [0.1, 0.15) is 0 Å². The Morgan fingerprint density at radius 2 is 1.10 bits per heavy atom. The van der Waals surface area contributed by atoms with Crippen LogP contribution in [0.25, 0.3) is 55.2 Å². The van der Waals surface area contributed by atoms with E-state index >= 15 is 0 Å². The average molecular weight is 677 g/mol. The monoisotopic (exact) mass is 677 g/mol. The first-order chi connectivity index (χ1) is 18.8. The van der Waals surface area contributed by atoms with Crippen molar-refractivity contribution in [1.29, 1.82) is 0 Å². The van der Waals surface area contributed by atoms with Gasteiger partial charge in [0.25, 0.3) is 0 Å². The first-order valence-corrected chi connectivity index (χ1v) is 12.6. The van der Waals surface area contributed by atoms with Crippen molar-refractivity contribution in [1.82, 2.24) is 9.97 Å². The van der Waals surface area contributed by atoms with E-state index < -0.39 is 0 Å². The van der Waals surface area contributed by atoms with Crippen molar-refractivity contribution < 1.29 is 20.1 Å². The zero-order chi connectivity index (χ0) is 25.6. The molecule has 3 heteroatoms. The molecule has 2 nitrogen and oxygen atoms in total. The fourth-order valence-corrected chi connectivity index (χ4v) is 4.56. The summed E-state index contributed by atoms with van der Waals surface area (Å²) in [6, 6.07) is 51.9. The van der Waals surface area contributed by atoms with E-state index in [1.165, 1.54) is 32.7 Å². The maximum absolute atomic E-state index is 4.39. The van der Waals surface area contributed by atoms with Gasteiger partial charge in [0.15, 0.2) is 0 Å². The molecule has 0 aliphatic rings. The van der Waals surface area contributed by atoms with E-state index in [0.29, 0.717) is 0 Å². The van der Waals surface area contributed by atoms with Gasteiger partial charge < -0.3 is 9.97 Å². The van der Waals surface area contributed by atoms with Gasteiger partial charge in [-0.3, -0.25) is 0 Å². The quantitative estimate of drug-likeness (QED) is 0.138. The van der Waals surface area contributed by atoms with Crippen LogP contribution in [0.1, 0.15) is 0 Å². The Morgan fingerprint density at radius 1 is 0.462 bits per heavy atom. The molecule has 2 heterocycles. The fourth-order valence-electron chi connectivity index (χ4n) is 4.56. The van der Waals surface area contributed by atoms with Gasteiger partial charge in [0.05, 0.1) is 0 Å². The third-order valence-corrected chi connectivity index (χ3v) is 6.47. The molecule has 0 aliphatic carbocycles. The van der Waals surface area contributed by atoms with Crippen LogP contribution in [0.3, 0.4) is 0 Å². The summed E-state index contributed by atoms with van der Waals surface area (Å²) < 4.78 is 0. The predicted molar refractivity (Wildman–Crippen MR) is 157 cm³/mol. The summed E-state index contributed by atoms with van der Waals surface area (Å²) >= 11 is 0. The Hall–Kier alpha value is -4.43. The van der Waals surface area contributed by atoms with Gasteiger partial charge in [-0.05, 0) is 34.5 Å². The normalized spacial score (nSPS) is 10.4. The number of fused-ring (bicyclic) bond motifs is 3. The zero-order valence-electron chi connectivity index (χ0n) is 21.1. The molecule has 0 atom stereocenters. The Morgan fingerprint density at radius 3 is 1.82 bits per heavy atom. The number of nitrogens with zero attached hydrogens (tertiary/aromatic N) is 2. The molecule has 0 fully saturated rings. The largest absolute Gasteiger partial charge is 0.305 e. The fraction of sp³-hybridized carbons (Fsp3) is 0. The van der Waals surface area contributed by atoms with Crippen LogP contribution in [0.2, 0.25) is 0 Å². The first kappa shape index (κ1) is 26.2.